The van der Waals surface area contributed by atoms with Crippen molar-refractivity contribution in [1.82, 2.24) is 19.9 Å². The molecule has 1 aromatic heterocycles. The molecule has 17 nitrogen and oxygen atoms in total. The zero-order chi connectivity index (χ0) is 43.5. The normalized spacial score (nSPS) is 27.0. The number of esters is 2. The fourth-order valence-corrected chi connectivity index (χ4v) is 12.8. The van der Waals surface area contributed by atoms with Crippen LogP contribution in [0, 0.1) is 25.2 Å². The minimum absolute atomic E-state index is 0.0201. The first kappa shape index (κ1) is 39.9. The quantitative estimate of drug-likeness (QED) is 0.214. The van der Waals surface area contributed by atoms with E-state index in [-0.39, 0.29) is 66.9 Å². The van der Waals surface area contributed by atoms with Crippen molar-refractivity contribution in [2.75, 3.05) is 47.0 Å². The molecule has 1 amide bonds. The van der Waals surface area contributed by atoms with Crippen LogP contribution in [0.4, 0.5) is 0 Å². The van der Waals surface area contributed by atoms with Crippen LogP contribution < -0.4 is 23.7 Å². The number of rotatable bonds is 4. The number of benzene rings is 3. The van der Waals surface area contributed by atoms with Gasteiger partial charge in [0.1, 0.15) is 18.4 Å². The SMILES string of the molecule is COc1cc2c(cc1O)CCN(C(=O)c1ccno1)[C@]21CS[C@@H]2c3c(OC(C)=O)c(C)c4c(c3[C@H](COC1=O)N1[C@@H]2[C@H]2c3c(cc(C)c(OC)c3O)C[C@@H]([C@@H]1C#N)N2C)OCO4. The number of fused-ring (bicyclic) bond motifs is 9. The monoisotopic (exact) mass is 865 g/mol. The fourth-order valence-electron chi connectivity index (χ4n) is 11.0. The number of nitrogens with zero attached hydrogens (tertiary/aromatic N) is 5. The second kappa shape index (κ2) is 14.5. The second-order valence-electron chi connectivity index (χ2n) is 16.5. The Balaban J connectivity index is 1.27. The molecule has 7 aliphatic heterocycles. The van der Waals surface area contributed by atoms with Crippen LogP contribution >= 0.6 is 11.8 Å². The molecule has 11 rings (SSSR count). The van der Waals surface area contributed by atoms with Crippen molar-refractivity contribution >= 4 is 29.6 Å². The summed E-state index contributed by atoms with van der Waals surface area (Å²) in [7, 11) is 4.85. The molecule has 8 heterocycles. The van der Waals surface area contributed by atoms with Gasteiger partial charge in [-0.1, -0.05) is 11.2 Å². The lowest BCUT2D eigenvalue weighted by atomic mass is 9.71. The van der Waals surface area contributed by atoms with E-state index >= 15 is 4.79 Å². The van der Waals surface area contributed by atoms with E-state index in [1.54, 1.807) is 19.1 Å². The van der Waals surface area contributed by atoms with Crippen LogP contribution in [0.5, 0.6) is 40.2 Å². The van der Waals surface area contributed by atoms with E-state index in [9.17, 15) is 25.1 Å². The van der Waals surface area contributed by atoms with E-state index in [2.05, 4.69) is 21.0 Å². The second-order valence-corrected chi connectivity index (χ2v) is 17.6. The molecule has 322 valence electrons. The van der Waals surface area contributed by atoms with Crippen molar-refractivity contribution in [1.29, 1.82) is 5.26 Å². The largest absolute Gasteiger partial charge is 0.504 e. The number of carbonyl (C=O) groups is 3. The molecule has 4 aromatic rings. The molecule has 18 heteroatoms. The van der Waals surface area contributed by atoms with Crippen LogP contribution in [0.15, 0.2) is 35.0 Å². The van der Waals surface area contributed by atoms with E-state index in [0.717, 1.165) is 11.1 Å². The summed E-state index contributed by atoms with van der Waals surface area (Å²) in [5, 5.41) is 37.5. The molecule has 0 aliphatic carbocycles. The molecule has 2 saturated heterocycles. The third kappa shape index (κ3) is 5.40. The molecule has 0 unspecified atom stereocenters. The minimum Gasteiger partial charge on any atom is -0.504 e. The van der Waals surface area contributed by atoms with Gasteiger partial charge in [0.15, 0.2) is 40.0 Å². The number of aromatic hydroxyl groups is 2. The summed E-state index contributed by atoms with van der Waals surface area (Å²) in [5.41, 5.74) is 3.02. The van der Waals surface area contributed by atoms with Crippen LogP contribution in [-0.4, -0.2) is 113 Å². The number of likely N-dealkylation sites (N-methyl/N-ethyl adjacent to an activating group) is 1. The van der Waals surface area contributed by atoms with E-state index in [0.29, 0.717) is 57.1 Å². The van der Waals surface area contributed by atoms with E-state index in [4.69, 9.17) is 32.9 Å². The zero-order valence-corrected chi connectivity index (χ0v) is 35.5. The Hall–Kier alpha value is -6.16. The molecule has 7 atom stereocenters. The van der Waals surface area contributed by atoms with Crippen molar-refractivity contribution in [3.05, 3.63) is 80.7 Å². The Morgan fingerprint density at radius 2 is 1.82 bits per heavy atom. The number of thioether (sulfide) groups is 1. The summed E-state index contributed by atoms with van der Waals surface area (Å²) in [5.74, 6) is -0.941. The number of amides is 1. The van der Waals surface area contributed by atoms with Gasteiger partial charge in [0.25, 0.3) is 5.91 Å². The maximum absolute atomic E-state index is 15.5. The number of piperazine rings is 1. The van der Waals surface area contributed by atoms with Crippen LogP contribution in [0.25, 0.3) is 0 Å². The third-order valence-corrected chi connectivity index (χ3v) is 15.0. The molecule has 0 saturated carbocycles. The van der Waals surface area contributed by atoms with Gasteiger partial charge in [0, 0.05) is 59.6 Å². The van der Waals surface area contributed by atoms with Crippen molar-refractivity contribution in [3.63, 3.8) is 0 Å². The Morgan fingerprint density at radius 3 is 2.53 bits per heavy atom. The Labute approximate surface area is 359 Å². The lowest BCUT2D eigenvalue weighted by Gasteiger charge is -2.62. The van der Waals surface area contributed by atoms with Gasteiger partial charge in [-0.15, -0.1) is 11.8 Å². The Kier molecular flexibility index (Phi) is 9.32. The molecule has 3 aromatic carbocycles. The van der Waals surface area contributed by atoms with E-state index in [1.165, 1.54) is 50.1 Å². The molecule has 7 aliphatic rings. The molecular weight excluding hydrogens is 823 g/mol. The van der Waals surface area contributed by atoms with Gasteiger partial charge in [-0.3, -0.25) is 19.4 Å². The molecule has 0 radical (unpaired) electrons. The fraction of sp³-hybridized carbons (Fsp3) is 0.432. The maximum atomic E-state index is 15.5. The van der Waals surface area contributed by atoms with Gasteiger partial charge in [-0.05, 0) is 68.1 Å². The lowest BCUT2D eigenvalue weighted by Crippen LogP contribution is -2.69. The average molecular weight is 866 g/mol. The van der Waals surface area contributed by atoms with Crippen LogP contribution in [-0.2, 0) is 32.7 Å². The zero-order valence-electron chi connectivity index (χ0n) is 34.7. The highest BCUT2D eigenvalue weighted by Gasteiger charge is 2.63. The first-order chi connectivity index (χ1) is 29.9. The van der Waals surface area contributed by atoms with Crippen molar-refractivity contribution in [2.24, 2.45) is 0 Å². The van der Waals surface area contributed by atoms with Crippen LogP contribution in [0.2, 0.25) is 0 Å². The number of nitriles is 1. The number of phenols is 2. The van der Waals surface area contributed by atoms with Gasteiger partial charge in [0.2, 0.25) is 12.6 Å². The average Bonchev–Trinajstić information content (AvgIpc) is 3.97. The topological polar surface area (TPSA) is 207 Å². The van der Waals surface area contributed by atoms with Gasteiger partial charge in [0.05, 0.1) is 43.8 Å². The van der Waals surface area contributed by atoms with Crippen LogP contribution in [0.3, 0.4) is 0 Å². The Bertz CT molecular complexity index is 2630. The maximum Gasteiger partial charge on any atom is 0.337 e. The summed E-state index contributed by atoms with van der Waals surface area (Å²) in [6, 6.07) is 5.83. The molecule has 2 fully saturated rings. The number of carbonyl (C=O) groups excluding carboxylic acids is 3. The third-order valence-electron chi connectivity index (χ3n) is 13.5. The predicted octanol–water partition coefficient (Wildman–Crippen LogP) is 4.53. The molecule has 4 bridgehead atoms. The molecular formula is C44H43N5O12S. The van der Waals surface area contributed by atoms with E-state index in [1.807, 2.05) is 20.0 Å². The Morgan fingerprint density at radius 1 is 1.03 bits per heavy atom. The van der Waals surface area contributed by atoms with Gasteiger partial charge >= 0.3 is 11.9 Å². The van der Waals surface area contributed by atoms with Crippen molar-refractivity contribution in [3.8, 4) is 46.3 Å². The number of aryl methyl sites for hydroxylation is 1. The van der Waals surface area contributed by atoms with Crippen molar-refractivity contribution in [2.45, 2.75) is 74.6 Å². The number of methoxy groups -OCH3 is 2. The predicted molar refractivity (Wildman–Crippen MR) is 218 cm³/mol. The summed E-state index contributed by atoms with van der Waals surface area (Å²) >= 11 is 1.32. The summed E-state index contributed by atoms with van der Waals surface area (Å²) in [4.78, 5) is 48.9. The first-order valence-electron chi connectivity index (χ1n) is 20.2. The number of phenolic OH excluding ortho intramolecular Hbond substituents is 2. The van der Waals surface area contributed by atoms with Crippen molar-refractivity contribution < 1.29 is 57.5 Å². The number of aromatic nitrogens is 1. The summed E-state index contributed by atoms with van der Waals surface area (Å²) < 4.78 is 41.8. The lowest BCUT2D eigenvalue weighted by molar-refractivity contribution is -0.162. The van der Waals surface area contributed by atoms with Gasteiger partial charge in [-0.25, -0.2) is 4.79 Å². The van der Waals surface area contributed by atoms with Gasteiger partial charge in [-0.2, -0.15) is 5.26 Å². The minimum atomic E-state index is -1.86. The standard InChI is InChI=1S/C44H43N5O12S/c1-19-11-23-12-25-26(15-45)49-27-16-57-43(54)44(24-14-30(55-5)28(51)13-22(24)8-10-48(44)42(53)29-7-9-46-61-29)17-62-41(35(49)34(47(25)4)31(23)36(52)37(19)56-6)33-32(27)40-39(58-18-59-40)20(2)38(33)60-21(3)50/h7,9,11,13-14,25-27,34-35,41,51-52H,8,10,12,16-18H2,1-6H3/t25-,26-,27-,34+,35+,41+,44+/m0/s1. The molecule has 1 spiro atoms. The highest BCUT2D eigenvalue weighted by molar-refractivity contribution is 7.99. The first-order valence-corrected chi connectivity index (χ1v) is 21.3. The molecule has 62 heavy (non-hydrogen) atoms. The highest BCUT2D eigenvalue weighted by atomic mass is 32.2. The van der Waals surface area contributed by atoms with E-state index < -0.39 is 52.8 Å². The number of ether oxygens (including phenoxy) is 6. The number of hydrogen-bond donors (Lipinski definition) is 2. The summed E-state index contributed by atoms with van der Waals surface area (Å²) in [6.45, 7) is 4.54. The molecule has 2 N–H and O–H groups in total. The number of hydrogen-bond acceptors (Lipinski definition) is 17. The van der Waals surface area contributed by atoms with Crippen LogP contribution in [0.1, 0.15) is 79.3 Å². The smallest absolute Gasteiger partial charge is 0.337 e. The van der Waals surface area contributed by atoms with Gasteiger partial charge < -0.3 is 48.1 Å². The highest BCUT2D eigenvalue weighted by Crippen LogP contribution is 2.65. The summed E-state index contributed by atoms with van der Waals surface area (Å²) in [6.07, 6.45) is 2.04.